The molecular weight excluding hydrogens is 290 g/mol. The molecule has 3 aromatic rings. The maximum absolute atomic E-state index is 10.6. The third-order valence-electron chi connectivity index (χ3n) is 3.81. The third kappa shape index (κ3) is 2.59. The van der Waals surface area contributed by atoms with Crippen molar-refractivity contribution in [1.82, 2.24) is 5.16 Å². The molecule has 0 unspecified atom stereocenters. The van der Waals surface area contributed by atoms with Crippen LogP contribution >= 0.6 is 0 Å². The summed E-state index contributed by atoms with van der Waals surface area (Å²) in [5.74, 6) is 0.329. The molecule has 0 saturated heterocycles. The van der Waals surface area contributed by atoms with Gasteiger partial charge in [-0.1, -0.05) is 23.4 Å². The quantitative estimate of drug-likeness (QED) is 0.687. The fourth-order valence-electron chi connectivity index (χ4n) is 2.69. The third-order valence-corrected chi connectivity index (χ3v) is 3.81. The number of rotatable bonds is 5. The fraction of sp³-hybridized carbons (Fsp3) is 0.105. The molecule has 4 nitrogen and oxygen atoms in total. The highest BCUT2D eigenvalue weighted by molar-refractivity contribution is 5.93. The lowest BCUT2D eigenvalue weighted by molar-refractivity contribution is 0.453. The van der Waals surface area contributed by atoms with Crippen molar-refractivity contribution in [2.24, 2.45) is 0 Å². The van der Waals surface area contributed by atoms with Crippen LogP contribution in [-0.2, 0) is 12.8 Å². The Morgan fingerprint density at radius 3 is 2.52 bits per heavy atom. The van der Waals surface area contributed by atoms with Gasteiger partial charge in [-0.3, -0.25) is 0 Å². The van der Waals surface area contributed by atoms with E-state index in [4.69, 9.17) is 4.52 Å². The molecule has 0 bridgehead atoms. The standard InChI is InChI=1S/C19H17NO3/c1-3-5-13-9-12(7-8-17(13)21)15-10-14(6-4-2)19-16(18(15)22)11-20-23-19/h3-4,7-11,21-22H,1-2,5-6H2. The zero-order valence-corrected chi connectivity index (χ0v) is 12.6. The largest absolute Gasteiger partial charge is 0.508 e. The van der Waals surface area contributed by atoms with Crippen molar-refractivity contribution in [3.05, 3.63) is 66.9 Å². The van der Waals surface area contributed by atoms with Crippen LogP contribution in [0.5, 0.6) is 11.5 Å². The zero-order valence-electron chi connectivity index (χ0n) is 12.6. The monoisotopic (exact) mass is 307 g/mol. The van der Waals surface area contributed by atoms with Crippen LogP contribution in [0.1, 0.15) is 11.1 Å². The number of allylic oxidation sites excluding steroid dienone is 2. The number of hydrogen-bond donors (Lipinski definition) is 2. The fourth-order valence-corrected chi connectivity index (χ4v) is 2.69. The molecule has 0 spiro atoms. The van der Waals surface area contributed by atoms with E-state index in [0.29, 0.717) is 29.4 Å². The minimum Gasteiger partial charge on any atom is -0.508 e. The van der Waals surface area contributed by atoms with Gasteiger partial charge in [-0.15, -0.1) is 13.2 Å². The molecule has 4 heteroatoms. The van der Waals surface area contributed by atoms with Gasteiger partial charge in [-0.2, -0.15) is 0 Å². The number of aromatic hydroxyl groups is 2. The number of nitrogens with zero attached hydrogens (tertiary/aromatic N) is 1. The number of aromatic nitrogens is 1. The van der Waals surface area contributed by atoms with Crippen LogP contribution in [0.4, 0.5) is 0 Å². The summed E-state index contributed by atoms with van der Waals surface area (Å²) in [5.41, 5.74) is 3.70. The average molecular weight is 307 g/mol. The molecule has 0 aliphatic heterocycles. The van der Waals surface area contributed by atoms with Crippen LogP contribution in [-0.4, -0.2) is 15.4 Å². The molecule has 3 rings (SSSR count). The second-order valence-electron chi connectivity index (χ2n) is 5.33. The number of phenolic OH excluding ortho intramolecular Hbond substituents is 2. The van der Waals surface area contributed by atoms with Crippen LogP contribution < -0.4 is 0 Å². The Hall–Kier alpha value is -3.01. The molecule has 1 heterocycles. The van der Waals surface area contributed by atoms with Crippen molar-refractivity contribution < 1.29 is 14.7 Å². The van der Waals surface area contributed by atoms with Gasteiger partial charge in [-0.05, 0) is 42.2 Å². The Balaban J connectivity index is 2.23. The van der Waals surface area contributed by atoms with E-state index in [1.165, 1.54) is 6.20 Å². The van der Waals surface area contributed by atoms with Gasteiger partial charge in [0.1, 0.15) is 11.5 Å². The predicted octanol–water partition coefficient (Wildman–Crippen LogP) is 4.36. The minimum absolute atomic E-state index is 0.115. The molecule has 23 heavy (non-hydrogen) atoms. The van der Waals surface area contributed by atoms with Gasteiger partial charge in [0.2, 0.25) is 0 Å². The first-order valence-corrected chi connectivity index (χ1v) is 7.29. The molecule has 0 atom stereocenters. The Morgan fingerprint density at radius 1 is 1.04 bits per heavy atom. The van der Waals surface area contributed by atoms with E-state index in [0.717, 1.165) is 16.7 Å². The van der Waals surface area contributed by atoms with Gasteiger partial charge in [0.15, 0.2) is 5.58 Å². The number of fused-ring (bicyclic) bond motifs is 1. The van der Waals surface area contributed by atoms with Gasteiger partial charge in [0.05, 0.1) is 11.6 Å². The van der Waals surface area contributed by atoms with Crippen molar-refractivity contribution >= 4 is 11.0 Å². The van der Waals surface area contributed by atoms with Gasteiger partial charge in [0, 0.05) is 11.1 Å². The van der Waals surface area contributed by atoms with Crippen LogP contribution in [0.3, 0.4) is 0 Å². The molecule has 1 aromatic heterocycles. The molecule has 0 fully saturated rings. The molecule has 2 N–H and O–H groups in total. The minimum atomic E-state index is 0.115. The predicted molar refractivity (Wildman–Crippen MR) is 90.6 cm³/mol. The van der Waals surface area contributed by atoms with E-state index in [9.17, 15) is 10.2 Å². The number of phenols is 2. The van der Waals surface area contributed by atoms with E-state index >= 15 is 0 Å². The first kappa shape index (κ1) is 14.9. The van der Waals surface area contributed by atoms with Crippen LogP contribution in [0, 0.1) is 0 Å². The van der Waals surface area contributed by atoms with Crippen molar-refractivity contribution in [1.29, 1.82) is 0 Å². The van der Waals surface area contributed by atoms with Crippen LogP contribution in [0.15, 0.2) is 60.3 Å². The summed E-state index contributed by atoms with van der Waals surface area (Å²) in [6.07, 6.45) is 6.17. The Labute approximate surface area is 134 Å². The first-order chi connectivity index (χ1) is 11.2. The van der Waals surface area contributed by atoms with Gasteiger partial charge in [0.25, 0.3) is 0 Å². The van der Waals surface area contributed by atoms with Crippen molar-refractivity contribution in [3.63, 3.8) is 0 Å². The molecule has 0 amide bonds. The smallest absolute Gasteiger partial charge is 0.174 e. The van der Waals surface area contributed by atoms with E-state index in [-0.39, 0.29) is 11.5 Å². The highest BCUT2D eigenvalue weighted by atomic mass is 16.5. The van der Waals surface area contributed by atoms with Crippen molar-refractivity contribution in [3.8, 4) is 22.6 Å². The van der Waals surface area contributed by atoms with Gasteiger partial charge < -0.3 is 14.7 Å². The topological polar surface area (TPSA) is 66.5 Å². The SMILES string of the molecule is C=CCc1cc(-c2cc(CC=C)c3oncc3c2O)ccc1O. The number of benzene rings is 2. The maximum Gasteiger partial charge on any atom is 0.174 e. The lowest BCUT2D eigenvalue weighted by Gasteiger charge is -2.11. The average Bonchev–Trinajstić information content (AvgIpc) is 3.03. The van der Waals surface area contributed by atoms with E-state index < -0.39 is 0 Å². The molecule has 0 radical (unpaired) electrons. The Kier molecular flexibility index (Phi) is 3.89. The molecule has 0 saturated carbocycles. The highest BCUT2D eigenvalue weighted by Gasteiger charge is 2.16. The lowest BCUT2D eigenvalue weighted by Crippen LogP contribution is -1.89. The maximum atomic E-state index is 10.6. The lowest BCUT2D eigenvalue weighted by atomic mass is 9.96. The highest BCUT2D eigenvalue weighted by Crippen LogP contribution is 2.39. The van der Waals surface area contributed by atoms with Crippen molar-refractivity contribution in [2.75, 3.05) is 0 Å². The summed E-state index contributed by atoms with van der Waals surface area (Å²) >= 11 is 0. The van der Waals surface area contributed by atoms with Gasteiger partial charge in [-0.25, -0.2) is 0 Å². The zero-order chi connectivity index (χ0) is 16.4. The second-order valence-corrected chi connectivity index (χ2v) is 5.33. The van der Waals surface area contributed by atoms with Crippen molar-refractivity contribution in [2.45, 2.75) is 12.8 Å². The Morgan fingerprint density at radius 2 is 1.78 bits per heavy atom. The summed E-state index contributed by atoms with van der Waals surface area (Å²) in [5, 5.41) is 24.8. The second kappa shape index (κ2) is 6.01. The van der Waals surface area contributed by atoms with E-state index in [2.05, 4.69) is 18.3 Å². The Bertz CT molecular complexity index is 893. The molecule has 0 aliphatic carbocycles. The van der Waals surface area contributed by atoms with Crippen LogP contribution in [0.2, 0.25) is 0 Å². The van der Waals surface area contributed by atoms with Crippen LogP contribution in [0.25, 0.3) is 22.1 Å². The first-order valence-electron chi connectivity index (χ1n) is 7.29. The molecule has 0 aliphatic rings. The van der Waals surface area contributed by atoms with Gasteiger partial charge >= 0.3 is 0 Å². The summed E-state index contributed by atoms with van der Waals surface area (Å²) in [6, 6.07) is 7.12. The molecule has 116 valence electrons. The van der Waals surface area contributed by atoms with E-state index in [1.54, 1.807) is 24.3 Å². The summed E-state index contributed by atoms with van der Waals surface area (Å²) in [6.45, 7) is 7.45. The summed E-state index contributed by atoms with van der Waals surface area (Å²) in [7, 11) is 0. The molecular formula is C19H17NO3. The summed E-state index contributed by atoms with van der Waals surface area (Å²) in [4.78, 5) is 0. The normalized spacial score (nSPS) is 10.8. The number of hydrogen-bond acceptors (Lipinski definition) is 4. The summed E-state index contributed by atoms with van der Waals surface area (Å²) < 4.78 is 5.24. The molecule has 2 aromatic carbocycles. The van der Waals surface area contributed by atoms with E-state index in [1.807, 2.05) is 12.1 Å².